The van der Waals surface area contributed by atoms with Crippen LogP contribution in [-0.2, 0) is 7.05 Å². The minimum atomic E-state index is 0.455. The highest BCUT2D eigenvalue weighted by Gasteiger charge is 2.04. The molecule has 0 aliphatic rings. The summed E-state index contributed by atoms with van der Waals surface area (Å²) >= 11 is 5.83. The van der Waals surface area contributed by atoms with Gasteiger partial charge in [-0.05, 0) is 6.92 Å². The molecule has 2 aromatic rings. The fourth-order valence-electron chi connectivity index (χ4n) is 1.23. The fourth-order valence-corrected chi connectivity index (χ4v) is 1.46. The van der Waals surface area contributed by atoms with Crippen molar-refractivity contribution in [1.29, 1.82) is 0 Å². The van der Waals surface area contributed by atoms with Crippen molar-refractivity contribution in [3.05, 3.63) is 29.4 Å². The summed E-state index contributed by atoms with van der Waals surface area (Å²) < 4.78 is 1.72. The van der Waals surface area contributed by atoms with Crippen LogP contribution in [0.25, 0.3) is 11.3 Å². The van der Waals surface area contributed by atoms with Gasteiger partial charge in [0.1, 0.15) is 11.0 Å². The number of aryl methyl sites for hydroxylation is 2. The number of hydrogen-bond donors (Lipinski definition) is 0. The van der Waals surface area contributed by atoms with E-state index in [2.05, 4.69) is 15.1 Å². The van der Waals surface area contributed by atoms with Gasteiger partial charge < -0.3 is 0 Å². The molecule has 0 aliphatic heterocycles. The van der Waals surface area contributed by atoms with Crippen molar-refractivity contribution in [2.75, 3.05) is 0 Å². The Morgan fingerprint density at radius 2 is 2.14 bits per heavy atom. The summed E-state index contributed by atoms with van der Waals surface area (Å²) in [5.41, 5.74) is 1.75. The first-order valence-corrected chi connectivity index (χ1v) is 4.53. The van der Waals surface area contributed by atoms with Crippen LogP contribution in [0, 0.1) is 6.92 Å². The molecule has 0 unspecified atom stereocenters. The van der Waals surface area contributed by atoms with Crippen LogP contribution in [0.5, 0.6) is 0 Å². The zero-order valence-corrected chi connectivity index (χ0v) is 8.65. The fraction of sp³-hybridized carbons (Fsp3) is 0.222. The molecular weight excluding hydrogens is 200 g/mol. The van der Waals surface area contributed by atoms with Gasteiger partial charge >= 0.3 is 0 Å². The van der Waals surface area contributed by atoms with Crippen LogP contribution in [-0.4, -0.2) is 19.7 Å². The summed E-state index contributed by atoms with van der Waals surface area (Å²) in [5.74, 6) is 0.663. The van der Waals surface area contributed by atoms with Gasteiger partial charge in [0.25, 0.3) is 0 Å². The third-order valence-corrected chi connectivity index (χ3v) is 2.00. The normalized spacial score (nSPS) is 10.5. The Hall–Kier alpha value is -1.42. The lowest BCUT2D eigenvalue weighted by Gasteiger charge is -1.98. The van der Waals surface area contributed by atoms with E-state index in [0.29, 0.717) is 11.0 Å². The van der Waals surface area contributed by atoms with Crippen molar-refractivity contribution >= 4 is 11.6 Å². The smallest absolute Gasteiger partial charge is 0.133 e. The van der Waals surface area contributed by atoms with Crippen LogP contribution in [0.15, 0.2) is 18.5 Å². The zero-order chi connectivity index (χ0) is 10.1. The first-order chi connectivity index (χ1) is 6.65. The Bertz CT molecular complexity index is 443. The second-order valence-corrected chi connectivity index (χ2v) is 3.41. The van der Waals surface area contributed by atoms with E-state index in [1.807, 2.05) is 20.2 Å². The molecule has 0 amide bonds. The highest BCUT2D eigenvalue weighted by molar-refractivity contribution is 6.29. The van der Waals surface area contributed by atoms with Crippen LogP contribution < -0.4 is 0 Å². The monoisotopic (exact) mass is 208 g/mol. The standard InChI is InChI=1S/C9H9ClN4/c1-6-12-8(3-9(10)13-6)7-4-11-14(2)5-7/h3-5H,1-2H3. The van der Waals surface area contributed by atoms with Crippen LogP contribution >= 0.6 is 11.6 Å². The molecule has 0 aromatic carbocycles. The molecule has 0 bridgehead atoms. The highest BCUT2D eigenvalue weighted by Crippen LogP contribution is 2.18. The van der Waals surface area contributed by atoms with E-state index in [0.717, 1.165) is 11.3 Å². The van der Waals surface area contributed by atoms with E-state index >= 15 is 0 Å². The second kappa shape index (κ2) is 3.38. The lowest BCUT2D eigenvalue weighted by atomic mass is 10.2. The van der Waals surface area contributed by atoms with Crippen molar-refractivity contribution < 1.29 is 0 Å². The molecule has 0 saturated carbocycles. The van der Waals surface area contributed by atoms with Crippen molar-refractivity contribution in [3.8, 4) is 11.3 Å². The molecule has 0 atom stereocenters. The average molecular weight is 209 g/mol. The van der Waals surface area contributed by atoms with Gasteiger partial charge in [-0.25, -0.2) is 9.97 Å². The van der Waals surface area contributed by atoms with Gasteiger partial charge in [0.05, 0.1) is 11.9 Å². The topological polar surface area (TPSA) is 43.6 Å². The van der Waals surface area contributed by atoms with Gasteiger partial charge in [-0.15, -0.1) is 0 Å². The molecule has 0 fully saturated rings. The molecule has 2 rings (SSSR count). The third-order valence-electron chi connectivity index (χ3n) is 1.81. The number of aromatic nitrogens is 4. The third kappa shape index (κ3) is 1.75. The van der Waals surface area contributed by atoms with Crippen molar-refractivity contribution in [1.82, 2.24) is 19.7 Å². The van der Waals surface area contributed by atoms with E-state index in [-0.39, 0.29) is 0 Å². The number of nitrogens with zero attached hydrogens (tertiary/aromatic N) is 4. The summed E-state index contributed by atoms with van der Waals surface area (Å²) in [6.45, 7) is 1.81. The van der Waals surface area contributed by atoms with Gasteiger partial charge in [0.15, 0.2) is 0 Å². The first kappa shape index (κ1) is 9.15. The van der Waals surface area contributed by atoms with Gasteiger partial charge in [-0.1, -0.05) is 11.6 Å². The Morgan fingerprint density at radius 3 is 2.71 bits per heavy atom. The van der Waals surface area contributed by atoms with Crippen molar-refractivity contribution in [3.63, 3.8) is 0 Å². The predicted octanol–water partition coefficient (Wildman–Crippen LogP) is 1.84. The zero-order valence-electron chi connectivity index (χ0n) is 7.90. The molecule has 0 aliphatic carbocycles. The molecule has 0 radical (unpaired) electrons. The minimum Gasteiger partial charge on any atom is -0.275 e. The second-order valence-electron chi connectivity index (χ2n) is 3.03. The van der Waals surface area contributed by atoms with Crippen LogP contribution in [0.1, 0.15) is 5.82 Å². The van der Waals surface area contributed by atoms with Crippen molar-refractivity contribution in [2.24, 2.45) is 7.05 Å². The molecular formula is C9H9ClN4. The maximum atomic E-state index is 5.83. The van der Waals surface area contributed by atoms with Crippen LogP contribution in [0.2, 0.25) is 5.15 Å². The molecule has 0 spiro atoms. The molecule has 72 valence electrons. The Balaban J connectivity index is 2.51. The Labute approximate surface area is 86.6 Å². The largest absolute Gasteiger partial charge is 0.275 e. The SMILES string of the molecule is Cc1nc(Cl)cc(-c2cnn(C)c2)n1. The maximum Gasteiger partial charge on any atom is 0.133 e. The van der Waals surface area contributed by atoms with E-state index < -0.39 is 0 Å². The minimum absolute atomic E-state index is 0.455. The van der Waals surface area contributed by atoms with E-state index in [4.69, 9.17) is 11.6 Å². The highest BCUT2D eigenvalue weighted by atomic mass is 35.5. The molecule has 14 heavy (non-hydrogen) atoms. The van der Waals surface area contributed by atoms with E-state index in [9.17, 15) is 0 Å². The van der Waals surface area contributed by atoms with Crippen LogP contribution in [0.3, 0.4) is 0 Å². The van der Waals surface area contributed by atoms with E-state index in [1.165, 1.54) is 0 Å². The lowest BCUT2D eigenvalue weighted by Crippen LogP contribution is -1.90. The average Bonchev–Trinajstić information content (AvgIpc) is 2.50. The summed E-state index contributed by atoms with van der Waals surface area (Å²) in [6.07, 6.45) is 3.64. The van der Waals surface area contributed by atoms with Gasteiger partial charge in [0, 0.05) is 24.9 Å². The molecule has 2 heterocycles. The number of rotatable bonds is 1. The van der Waals surface area contributed by atoms with Crippen LogP contribution in [0.4, 0.5) is 0 Å². The van der Waals surface area contributed by atoms with Gasteiger partial charge in [-0.2, -0.15) is 5.10 Å². The lowest BCUT2D eigenvalue weighted by molar-refractivity contribution is 0.768. The predicted molar refractivity (Wildman–Crippen MR) is 54.0 cm³/mol. The quantitative estimate of drug-likeness (QED) is 0.672. The summed E-state index contributed by atoms with van der Waals surface area (Å²) in [5, 5.41) is 4.52. The maximum absolute atomic E-state index is 5.83. The van der Waals surface area contributed by atoms with Crippen molar-refractivity contribution in [2.45, 2.75) is 6.92 Å². The first-order valence-electron chi connectivity index (χ1n) is 4.15. The van der Waals surface area contributed by atoms with Gasteiger partial charge in [0.2, 0.25) is 0 Å². The van der Waals surface area contributed by atoms with Gasteiger partial charge in [-0.3, -0.25) is 4.68 Å². The summed E-state index contributed by atoms with van der Waals surface area (Å²) in [4.78, 5) is 8.26. The number of halogens is 1. The van der Waals surface area contributed by atoms with E-state index in [1.54, 1.807) is 16.9 Å². The molecule has 0 saturated heterocycles. The molecule has 2 aromatic heterocycles. The Morgan fingerprint density at radius 1 is 1.36 bits per heavy atom. The molecule has 0 N–H and O–H groups in total. The summed E-state index contributed by atoms with van der Waals surface area (Å²) in [7, 11) is 1.86. The molecule has 4 nitrogen and oxygen atoms in total. The number of hydrogen-bond acceptors (Lipinski definition) is 3. The summed E-state index contributed by atoms with van der Waals surface area (Å²) in [6, 6.07) is 1.73. The molecule has 5 heteroatoms. The Kier molecular flexibility index (Phi) is 2.21.